The van der Waals surface area contributed by atoms with Crippen LogP contribution in [0.15, 0.2) is 67.3 Å². The fourth-order valence-electron chi connectivity index (χ4n) is 6.73. The minimum atomic E-state index is -0.272. The van der Waals surface area contributed by atoms with Crippen molar-refractivity contribution >= 4 is 11.9 Å². The van der Waals surface area contributed by atoms with E-state index in [9.17, 15) is 9.59 Å². The number of methoxy groups -OCH3 is 1. The van der Waals surface area contributed by atoms with Crippen molar-refractivity contribution in [3.05, 3.63) is 78.4 Å². The van der Waals surface area contributed by atoms with Crippen molar-refractivity contribution in [2.45, 2.75) is 75.9 Å². The molecule has 1 N–H and O–H groups in total. The number of aryl methyl sites for hydroxylation is 1. The largest absolute Gasteiger partial charge is 0.497 e. The number of fused-ring (bicyclic) bond motifs is 1. The molecule has 2 fully saturated rings. The third kappa shape index (κ3) is 7.51. The first-order chi connectivity index (χ1) is 18.9. The van der Waals surface area contributed by atoms with E-state index in [0.29, 0.717) is 12.8 Å². The predicted molar refractivity (Wildman–Crippen MR) is 155 cm³/mol. The molecule has 1 saturated carbocycles. The van der Waals surface area contributed by atoms with Crippen LogP contribution in [0.1, 0.15) is 63.0 Å². The maximum Gasteiger partial charge on any atom is 0.302 e. The zero-order chi connectivity index (χ0) is 27.7. The minimum absolute atomic E-state index is 0.0559. The van der Waals surface area contributed by atoms with E-state index < -0.39 is 0 Å². The van der Waals surface area contributed by atoms with Crippen LogP contribution < -0.4 is 10.1 Å². The summed E-state index contributed by atoms with van der Waals surface area (Å²) in [6, 6.07) is 18.7. The van der Waals surface area contributed by atoms with Gasteiger partial charge in [0, 0.05) is 50.2 Å². The third-order valence-electron chi connectivity index (χ3n) is 8.54. The normalized spacial score (nSPS) is 24.8. The van der Waals surface area contributed by atoms with E-state index in [-0.39, 0.29) is 35.4 Å². The zero-order valence-electron chi connectivity index (χ0n) is 23.6. The molecule has 1 heterocycles. The first-order valence-electron chi connectivity index (χ1n) is 14.4. The molecule has 4 atom stereocenters. The highest BCUT2D eigenvalue weighted by molar-refractivity contribution is 5.76. The Balaban J connectivity index is 1.46. The van der Waals surface area contributed by atoms with Gasteiger partial charge in [-0.2, -0.15) is 0 Å². The quantitative estimate of drug-likeness (QED) is 0.224. The van der Waals surface area contributed by atoms with Crippen molar-refractivity contribution in [2.24, 2.45) is 5.92 Å². The molecule has 0 bridgehead atoms. The second-order valence-corrected chi connectivity index (χ2v) is 11.2. The molecule has 1 aliphatic carbocycles. The molecule has 1 aliphatic heterocycles. The first kappa shape index (κ1) is 28.9. The van der Waals surface area contributed by atoms with Gasteiger partial charge in [-0.25, -0.2) is 0 Å². The summed E-state index contributed by atoms with van der Waals surface area (Å²) in [5, 5.41) is 3.33. The summed E-state index contributed by atoms with van der Waals surface area (Å²) in [6.45, 7) is 7.97. The average molecular weight is 533 g/mol. The predicted octanol–water partition coefficient (Wildman–Crippen LogP) is 5.45. The van der Waals surface area contributed by atoms with Gasteiger partial charge in [-0.1, -0.05) is 55.0 Å². The van der Waals surface area contributed by atoms with Gasteiger partial charge in [0.05, 0.1) is 7.11 Å². The highest BCUT2D eigenvalue weighted by atomic mass is 16.5. The third-order valence-corrected chi connectivity index (χ3v) is 8.54. The number of esters is 1. The molecular weight excluding hydrogens is 488 g/mol. The number of hydrogen-bond donors (Lipinski definition) is 1. The lowest BCUT2D eigenvalue weighted by Gasteiger charge is -2.55. The number of ether oxygens (including phenoxy) is 2. The molecule has 210 valence electrons. The van der Waals surface area contributed by atoms with E-state index >= 15 is 0 Å². The van der Waals surface area contributed by atoms with E-state index in [1.54, 1.807) is 7.11 Å². The number of piperidine rings is 1. The molecule has 2 aromatic carbocycles. The molecule has 0 aromatic heterocycles. The number of carbonyl (C=O) groups excluding carboxylic acids is 2. The van der Waals surface area contributed by atoms with Crippen LogP contribution in [0.3, 0.4) is 0 Å². The Morgan fingerprint density at radius 2 is 1.95 bits per heavy atom. The second kappa shape index (κ2) is 13.8. The van der Waals surface area contributed by atoms with Crippen molar-refractivity contribution < 1.29 is 19.1 Å². The van der Waals surface area contributed by atoms with E-state index in [1.165, 1.54) is 18.1 Å². The molecule has 0 spiro atoms. The fraction of sp³-hybridized carbons (Fsp3) is 0.515. The van der Waals surface area contributed by atoms with Crippen molar-refractivity contribution in [3.63, 3.8) is 0 Å². The standard InChI is InChI=1S/C33H44N2O4/c1-4-19-35-20-18-33(27-15-11-16-29(21-27)38-3)23-28(22-31(30(33)24-35)39-25(2)36)34-32(37)17-10-6-9-14-26-12-7-5-8-13-26/h4-5,7-8,11-13,15-16,21,28,30-31H,1,6,9-10,14,17-20,22-24H2,2-3H3,(H,34,37)/t28-,30-,31?,33-/m0/s1. The van der Waals surface area contributed by atoms with Gasteiger partial charge in [0.15, 0.2) is 0 Å². The molecule has 6 heteroatoms. The monoisotopic (exact) mass is 532 g/mol. The number of nitrogens with one attached hydrogen (secondary N) is 1. The maximum atomic E-state index is 13.1. The molecule has 4 rings (SSSR count). The highest BCUT2D eigenvalue weighted by Gasteiger charge is 2.53. The number of nitrogens with zero attached hydrogens (tertiary/aromatic N) is 1. The molecule has 0 radical (unpaired) electrons. The number of amides is 1. The van der Waals surface area contributed by atoms with Crippen LogP contribution in [0.4, 0.5) is 0 Å². The van der Waals surface area contributed by atoms with Gasteiger partial charge >= 0.3 is 5.97 Å². The van der Waals surface area contributed by atoms with Gasteiger partial charge in [-0.15, -0.1) is 6.58 Å². The molecule has 2 aromatic rings. The van der Waals surface area contributed by atoms with Crippen LogP contribution >= 0.6 is 0 Å². The molecule has 6 nitrogen and oxygen atoms in total. The lowest BCUT2D eigenvalue weighted by molar-refractivity contribution is -0.157. The van der Waals surface area contributed by atoms with Crippen LogP contribution in [-0.2, 0) is 26.2 Å². The Bertz CT molecular complexity index is 1100. The van der Waals surface area contributed by atoms with Crippen molar-refractivity contribution in [1.82, 2.24) is 10.2 Å². The number of hydrogen-bond acceptors (Lipinski definition) is 5. The summed E-state index contributed by atoms with van der Waals surface area (Å²) in [5.41, 5.74) is 2.32. The highest BCUT2D eigenvalue weighted by Crippen LogP contribution is 2.50. The topological polar surface area (TPSA) is 67.9 Å². The fourth-order valence-corrected chi connectivity index (χ4v) is 6.73. The summed E-state index contributed by atoms with van der Waals surface area (Å²) >= 11 is 0. The van der Waals surface area contributed by atoms with Gasteiger partial charge in [-0.05, 0) is 61.9 Å². The summed E-state index contributed by atoms with van der Waals surface area (Å²) in [6.07, 6.45) is 8.59. The van der Waals surface area contributed by atoms with E-state index in [1.807, 2.05) is 24.3 Å². The van der Waals surface area contributed by atoms with Crippen molar-refractivity contribution in [2.75, 3.05) is 26.7 Å². The second-order valence-electron chi connectivity index (χ2n) is 11.2. The van der Waals surface area contributed by atoms with Crippen molar-refractivity contribution in [1.29, 1.82) is 0 Å². The van der Waals surface area contributed by atoms with Crippen LogP contribution in [0, 0.1) is 5.92 Å². The summed E-state index contributed by atoms with van der Waals surface area (Å²) < 4.78 is 11.6. The average Bonchev–Trinajstić information content (AvgIpc) is 2.93. The van der Waals surface area contributed by atoms with E-state index in [2.05, 4.69) is 53.2 Å². The number of carbonyl (C=O) groups is 2. The summed E-state index contributed by atoms with van der Waals surface area (Å²) in [4.78, 5) is 27.7. The number of rotatable bonds is 12. The van der Waals surface area contributed by atoms with Gasteiger partial charge in [0.1, 0.15) is 11.9 Å². The van der Waals surface area contributed by atoms with Gasteiger partial charge in [-0.3, -0.25) is 14.5 Å². The minimum Gasteiger partial charge on any atom is -0.497 e. The number of benzene rings is 2. The summed E-state index contributed by atoms with van der Waals surface area (Å²) in [7, 11) is 1.69. The zero-order valence-corrected chi connectivity index (χ0v) is 23.6. The molecule has 1 amide bonds. The lowest BCUT2D eigenvalue weighted by atomic mass is 9.57. The molecular formula is C33H44N2O4. The Hall–Kier alpha value is -3.12. The maximum absolute atomic E-state index is 13.1. The van der Waals surface area contributed by atoms with E-state index in [0.717, 1.165) is 63.9 Å². The number of unbranched alkanes of at least 4 members (excludes halogenated alkanes) is 2. The molecule has 1 saturated heterocycles. The lowest BCUT2D eigenvalue weighted by Crippen LogP contribution is -2.61. The van der Waals surface area contributed by atoms with Crippen LogP contribution in [-0.4, -0.2) is 55.7 Å². The van der Waals surface area contributed by atoms with Crippen molar-refractivity contribution in [3.8, 4) is 5.75 Å². The SMILES string of the molecule is C=CCN1CC[C@@]2(c3cccc(OC)c3)C[C@@H](NC(=O)CCCCCc3ccccc3)CC(OC(C)=O)[C@@H]2C1. The molecule has 39 heavy (non-hydrogen) atoms. The number of likely N-dealkylation sites (tertiary alicyclic amines) is 1. The Morgan fingerprint density at radius 3 is 2.69 bits per heavy atom. The summed E-state index contributed by atoms with van der Waals surface area (Å²) in [5.74, 6) is 0.753. The Labute approximate surface area is 233 Å². The van der Waals surface area contributed by atoms with Gasteiger partial charge < -0.3 is 14.8 Å². The molecule has 1 unspecified atom stereocenters. The van der Waals surface area contributed by atoms with Crippen LogP contribution in [0.5, 0.6) is 5.75 Å². The van der Waals surface area contributed by atoms with Crippen LogP contribution in [0.2, 0.25) is 0 Å². The van der Waals surface area contributed by atoms with Crippen LogP contribution in [0.25, 0.3) is 0 Å². The molecule has 2 aliphatic rings. The first-order valence-corrected chi connectivity index (χ1v) is 14.4. The Kier molecular flexibility index (Phi) is 10.2. The van der Waals surface area contributed by atoms with E-state index in [4.69, 9.17) is 9.47 Å². The van der Waals surface area contributed by atoms with Gasteiger partial charge in [0.2, 0.25) is 5.91 Å². The smallest absolute Gasteiger partial charge is 0.302 e. The Morgan fingerprint density at radius 1 is 1.13 bits per heavy atom. The van der Waals surface area contributed by atoms with Gasteiger partial charge in [0.25, 0.3) is 0 Å².